The maximum Gasteiger partial charge on any atom is 0.231 e. The molecule has 0 bridgehead atoms. The minimum Gasteiger partial charge on any atom is -0.497 e. The van der Waals surface area contributed by atoms with Crippen molar-refractivity contribution in [2.45, 2.75) is 25.5 Å². The number of hydrogen-bond acceptors (Lipinski definition) is 7. The molecule has 2 heterocycles. The second kappa shape index (κ2) is 8.39. The zero-order valence-corrected chi connectivity index (χ0v) is 16.1. The number of fused-ring (bicyclic) bond motifs is 1. The molecule has 0 amide bonds. The molecule has 1 N–H and O–H groups in total. The van der Waals surface area contributed by atoms with Crippen molar-refractivity contribution in [3.63, 3.8) is 0 Å². The molecule has 0 spiro atoms. The lowest BCUT2D eigenvalue weighted by Crippen LogP contribution is -2.23. The largest absolute Gasteiger partial charge is 0.497 e. The zero-order chi connectivity index (χ0) is 19.3. The van der Waals surface area contributed by atoms with Gasteiger partial charge in [-0.25, -0.2) is 0 Å². The van der Waals surface area contributed by atoms with Gasteiger partial charge in [0.2, 0.25) is 12.5 Å². The minimum absolute atomic E-state index is 0.0165. The predicted octanol–water partition coefficient (Wildman–Crippen LogP) is 2.91. The Morgan fingerprint density at radius 2 is 1.89 bits per heavy atom. The van der Waals surface area contributed by atoms with Gasteiger partial charge in [0.05, 0.1) is 19.9 Å². The first-order valence-electron chi connectivity index (χ1n) is 9.27. The highest BCUT2D eigenvalue weighted by Crippen LogP contribution is 2.42. The van der Waals surface area contributed by atoms with E-state index in [0.29, 0.717) is 18.0 Å². The summed E-state index contributed by atoms with van der Waals surface area (Å²) in [7, 11) is 3.30. The molecule has 2 aromatic rings. The van der Waals surface area contributed by atoms with Gasteiger partial charge in [-0.2, -0.15) is 0 Å². The van der Waals surface area contributed by atoms with Gasteiger partial charge in [0, 0.05) is 25.9 Å². The van der Waals surface area contributed by atoms with E-state index in [9.17, 15) is 0 Å². The molecule has 0 fully saturated rings. The fraction of sp³-hybridized carbons (Fsp3) is 0.381. The van der Waals surface area contributed by atoms with E-state index in [0.717, 1.165) is 42.2 Å². The van der Waals surface area contributed by atoms with E-state index in [-0.39, 0.29) is 12.9 Å². The maximum absolute atomic E-state index is 5.61. The van der Waals surface area contributed by atoms with Crippen molar-refractivity contribution in [3.8, 4) is 23.0 Å². The average Bonchev–Trinajstić information content (AvgIpc) is 3.37. The van der Waals surface area contributed by atoms with E-state index in [2.05, 4.69) is 22.6 Å². The van der Waals surface area contributed by atoms with E-state index in [1.807, 2.05) is 24.3 Å². The summed E-state index contributed by atoms with van der Waals surface area (Å²) in [6, 6.07) is 12.0. The van der Waals surface area contributed by atoms with Gasteiger partial charge in [0.1, 0.15) is 11.9 Å². The van der Waals surface area contributed by atoms with Crippen molar-refractivity contribution in [3.05, 3.63) is 47.5 Å². The van der Waals surface area contributed by atoms with Gasteiger partial charge in [0.25, 0.3) is 0 Å². The summed E-state index contributed by atoms with van der Waals surface area (Å²) in [5.41, 5.74) is 3.30. The van der Waals surface area contributed by atoms with Crippen LogP contribution in [0.4, 0.5) is 0 Å². The average molecular weight is 384 g/mol. The van der Waals surface area contributed by atoms with Crippen molar-refractivity contribution in [2.24, 2.45) is 5.16 Å². The van der Waals surface area contributed by atoms with Crippen LogP contribution in [0.25, 0.3) is 0 Å². The third-order valence-electron chi connectivity index (χ3n) is 4.79. The first-order chi connectivity index (χ1) is 13.7. The second-order valence-corrected chi connectivity index (χ2v) is 6.78. The molecular formula is C21H24N2O5. The maximum atomic E-state index is 5.61. The number of benzene rings is 2. The number of nitrogens with one attached hydrogen (secondary N) is 1. The summed E-state index contributed by atoms with van der Waals surface area (Å²) >= 11 is 0. The van der Waals surface area contributed by atoms with Gasteiger partial charge in [-0.05, 0) is 35.4 Å². The topological polar surface area (TPSA) is 70.5 Å². The van der Waals surface area contributed by atoms with Crippen LogP contribution in [-0.2, 0) is 17.8 Å². The van der Waals surface area contributed by atoms with Crippen molar-refractivity contribution in [1.29, 1.82) is 0 Å². The van der Waals surface area contributed by atoms with E-state index < -0.39 is 0 Å². The monoisotopic (exact) mass is 384 g/mol. The molecule has 0 aromatic heterocycles. The molecule has 28 heavy (non-hydrogen) atoms. The fourth-order valence-corrected chi connectivity index (χ4v) is 3.36. The smallest absolute Gasteiger partial charge is 0.231 e. The summed E-state index contributed by atoms with van der Waals surface area (Å²) < 4.78 is 21.5. The Labute approximate surface area is 164 Å². The second-order valence-electron chi connectivity index (χ2n) is 6.78. The Hall–Kier alpha value is -2.93. The predicted molar refractivity (Wildman–Crippen MR) is 104 cm³/mol. The Bertz CT molecular complexity index is 851. The minimum atomic E-state index is 0.0165. The first kappa shape index (κ1) is 18.4. The van der Waals surface area contributed by atoms with Crippen molar-refractivity contribution in [1.82, 2.24) is 5.32 Å². The van der Waals surface area contributed by atoms with Crippen LogP contribution in [-0.4, -0.2) is 39.4 Å². The van der Waals surface area contributed by atoms with Gasteiger partial charge in [-0.3, -0.25) is 0 Å². The molecule has 0 aliphatic carbocycles. The molecule has 0 saturated heterocycles. The van der Waals surface area contributed by atoms with E-state index in [1.165, 1.54) is 5.56 Å². The Morgan fingerprint density at radius 1 is 1.04 bits per heavy atom. The summed E-state index contributed by atoms with van der Waals surface area (Å²) in [5, 5.41) is 7.64. The quantitative estimate of drug-likeness (QED) is 0.755. The van der Waals surface area contributed by atoms with Gasteiger partial charge in [0.15, 0.2) is 11.5 Å². The van der Waals surface area contributed by atoms with Crippen LogP contribution in [0.1, 0.15) is 17.5 Å². The molecule has 1 atom stereocenters. The van der Waals surface area contributed by atoms with Gasteiger partial charge in [-0.15, -0.1) is 0 Å². The molecule has 148 valence electrons. The normalized spacial score (nSPS) is 17.2. The molecule has 7 nitrogen and oxygen atoms in total. The lowest BCUT2D eigenvalue weighted by molar-refractivity contribution is 0.0858. The number of rotatable bonds is 8. The molecule has 0 radical (unpaired) electrons. The van der Waals surface area contributed by atoms with Crippen LogP contribution in [0.5, 0.6) is 23.0 Å². The van der Waals surface area contributed by atoms with Crippen LogP contribution < -0.4 is 24.3 Å². The number of nitrogens with zero attached hydrogens (tertiary/aromatic N) is 1. The van der Waals surface area contributed by atoms with Crippen molar-refractivity contribution in [2.75, 3.05) is 27.6 Å². The molecule has 7 heteroatoms. The number of hydrogen-bond donors (Lipinski definition) is 1. The molecule has 4 rings (SSSR count). The van der Waals surface area contributed by atoms with Crippen LogP contribution in [0, 0.1) is 0 Å². The SMILES string of the molecule is COc1ccc(CNCC2=NO[C@@H](Cc3cc(OC)c4c(c3)OCO4)C2)cc1. The van der Waals surface area contributed by atoms with Crippen LogP contribution >= 0.6 is 0 Å². The van der Waals surface area contributed by atoms with Crippen LogP contribution in [0.2, 0.25) is 0 Å². The summed E-state index contributed by atoms with van der Waals surface area (Å²) in [5.74, 6) is 2.93. The number of methoxy groups -OCH3 is 2. The van der Waals surface area contributed by atoms with Gasteiger partial charge in [-0.1, -0.05) is 17.3 Å². The van der Waals surface area contributed by atoms with Crippen molar-refractivity contribution < 1.29 is 23.8 Å². The lowest BCUT2D eigenvalue weighted by Gasteiger charge is -2.11. The van der Waals surface area contributed by atoms with Crippen molar-refractivity contribution >= 4 is 5.71 Å². The van der Waals surface area contributed by atoms with E-state index in [1.54, 1.807) is 14.2 Å². The van der Waals surface area contributed by atoms with E-state index >= 15 is 0 Å². The fourth-order valence-electron chi connectivity index (χ4n) is 3.36. The summed E-state index contributed by atoms with van der Waals surface area (Å²) in [4.78, 5) is 5.61. The summed E-state index contributed by atoms with van der Waals surface area (Å²) in [6.07, 6.45) is 1.55. The molecule has 2 aliphatic heterocycles. The Morgan fingerprint density at radius 3 is 2.68 bits per heavy atom. The molecule has 2 aliphatic rings. The Balaban J connectivity index is 1.26. The Kier molecular flexibility index (Phi) is 5.53. The highest BCUT2D eigenvalue weighted by atomic mass is 16.7. The van der Waals surface area contributed by atoms with Crippen LogP contribution in [0.3, 0.4) is 0 Å². The number of oxime groups is 1. The highest BCUT2D eigenvalue weighted by Gasteiger charge is 2.24. The molecule has 2 aromatic carbocycles. The molecular weight excluding hydrogens is 360 g/mol. The molecule has 0 saturated carbocycles. The van der Waals surface area contributed by atoms with Crippen LogP contribution in [0.15, 0.2) is 41.6 Å². The third kappa shape index (κ3) is 4.14. The number of ether oxygens (including phenoxy) is 4. The highest BCUT2D eigenvalue weighted by molar-refractivity contribution is 5.87. The lowest BCUT2D eigenvalue weighted by atomic mass is 10.0. The van der Waals surface area contributed by atoms with Gasteiger partial charge < -0.3 is 29.1 Å². The first-order valence-corrected chi connectivity index (χ1v) is 9.27. The zero-order valence-electron chi connectivity index (χ0n) is 16.1. The summed E-state index contributed by atoms with van der Waals surface area (Å²) in [6.45, 7) is 1.70. The van der Waals surface area contributed by atoms with E-state index in [4.69, 9.17) is 23.8 Å². The van der Waals surface area contributed by atoms with Gasteiger partial charge >= 0.3 is 0 Å². The molecule has 0 unspecified atom stereocenters. The standard InChI is InChI=1S/C21H24N2O5/c1-24-17-5-3-14(4-6-17)11-22-12-16-10-18(28-23-16)7-15-8-19(25-2)21-20(9-15)26-13-27-21/h3-6,8-9,18,22H,7,10-13H2,1-2H3/t18-/m0/s1. The third-order valence-corrected chi connectivity index (χ3v) is 4.79.